The molecule has 1 amide bonds. The van der Waals surface area contributed by atoms with E-state index in [1.54, 1.807) is 33.2 Å². The highest BCUT2D eigenvalue weighted by molar-refractivity contribution is 14.0. The van der Waals surface area contributed by atoms with Crippen LogP contribution in [0.25, 0.3) is 0 Å². The van der Waals surface area contributed by atoms with Crippen LogP contribution in [0.15, 0.2) is 29.3 Å². The van der Waals surface area contributed by atoms with Crippen LogP contribution in [0, 0.1) is 0 Å². The van der Waals surface area contributed by atoms with Crippen molar-refractivity contribution in [3.05, 3.63) is 29.8 Å². The normalized spacial score (nSPS) is 10.5. The predicted molar refractivity (Wildman–Crippen MR) is 105 cm³/mol. The Kier molecular flexibility index (Phi) is 11.2. The summed E-state index contributed by atoms with van der Waals surface area (Å²) in [5.74, 6) is 1.67. The van der Waals surface area contributed by atoms with Crippen LogP contribution in [0.1, 0.15) is 12.0 Å². The van der Waals surface area contributed by atoms with Gasteiger partial charge in [-0.05, 0) is 24.1 Å². The molecule has 0 fully saturated rings. The lowest BCUT2D eigenvalue weighted by atomic mass is 10.1. The van der Waals surface area contributed by atoms with Crippen LogP contribution >= 0.6 is 24.0 Å². The maximum Gasteiger partial charge on any atom is 0.223 e. The van der Waals surface area contributed by atoms with E-state index in [-0.39, 0.29) is 29.9 Å². The summed E-state index contributed by atoms with van der Waals surface area (Å²) in [4.78, 5) is 17.2. The number of nitrogens with zero attached hydrogens (tertiary/aromatic N) is 2. The van der Waals surface area contributed by atoms with Crippen LogP contribution in [-0.4, -0.2) is 58.1 Å². The highest BCUT2D eigenvalue weighted by Crippen LogP contribution is 2.11. The lowest BCUT2D eigenvalue weighted by Gasteiger charge is -2.13. The minimum absolute atomic E-state index is 0. The molecule has 1 aromatic carbocycles. The quantitative estimate of drug-likeness (QED) is 0.388. The second-order valence-electron chi connectivity index (χ2n) is 5.06. The van der Waals surface area contributed by atoms with Gasteiger partial charge in [-0.3, -0.25) is 9.79 Å². The van der Waals surface area contributed by atoms with Crippen molar-refractivity contribution in [3.63, 3.8) is 0 Å². The Morgan fingerprint density at radius 3 is 2.30 bits per heavy atom. The number of halogens is 1. The summed E-state index contributed by atoms with van der Waals surface area (Å²) in [6, 6.07) is 8.00. The zero-order valence-corrected chi connectivity index (χ0v) is 16.6. The molecule has 2 N–H and O–H groups in total. The number of carbonyl (C=O) groups excluding carboxylic acids is 1. The Bertz CT molecular complexity index is 489. The van der Waals surface area contributed by atoms with Gasteiger partial charge in [0.1, 0.15) is 5.75 Å². The molecule has 0 atom stereocenters. The van der Waals surface area contributed by atoms with Crippen molar-refractivity contribution in [1.29, 1.82) is 0 Å². The fraction of sp³-hybridized carbons (Fsp3) is 0.500. The second kappa shape index (κ2) is 12.0. The summed E-state index contributed by atoms with van der Waals surface area (Å²) in [6.07, 6.45) is 1.34. The van der Waals surface area contributed by atoms with Crippen LogP contribution in [0.2, 0.25) is 0 Å². The molecular formula is C16H27IN4O2. The zero-order valence-electron chi connectivity index (χ0n) is 14.3. The molecule has 1 rings (SSSR count). The minimum Gasteiger partial charge on any atom is -0.497 e. The number of rotatable bonds is 7. The number of aliphatic imine (C=N–C) groups is 1. The van der Waals surface area contributed by atoms with Crippen LogP contribution in [0.4, 0.5) is 0 Å². The van der Waals surface area contributed by atoms with E-state index in [1.165, 1.54) is 5.56 Å². The second-order valence-corrected chi connectivity index (χ2v) is 5.06. The largest absolute Gasteiger partial charge is 0.497 e. The number of hydrogen-bond acceptors (Lipinski definition) is 3. The molecule has 0 saturated heterocycles. The molecule has 0 saturated carbocycles. The van der Waals surface area contributed by atoms with Crippen molar-refractivity contribution in [2.75, 3.05) is 41.3 Å². The maximum atomic E-state index is 11.5. The topological polar surface area (TPSA) is 66.0 Å². The highest BCUT2D eigenvalue weighted by atomic mass is 127. The van der Waals surface area contributed by atoms with Gasteiger partial charge >= 0.3 is 0 Å². The molecule has 1 aromatic rings. The molecule has 0 radical (unpaired) electrons. The summed E-state index contributed by atoms with van der Waals surface area (Å²) in [5.41, 5.74) is 1.23. The third-order valence-electron chi connectivity index (χ3n) is 3.22. The molecule has 0 aromatic heterocycles. The van der Waals surface area contributed by atoms with Crippen LogP contribution in [-0.2, 0) is 11.2 Å². The number of hydrogen-bond donors (Lipinski definition) is 2. The first-order valence-corrected chi connectivity index (χ1v) is 7.34. The summed E-state index contributed by atoms with van der Waals surface area (Å²) >= 11 is 0. The van der Waals surface area contributed by atoms with E-state index >= 15 is 0 Å². The van der Waals surface area contributed by atoms with E-state index in [0.29, 0.717) is 18.9 Å². The number of benzene rings is 1. The van der Waals surface area contributed by atoms with E-state index in [4.69, 9.17) is 4.74 Å². The highest BCUT2D eigenvalue weighted by Gasteiger charge is 2.04. The van der Waals surface area contributed by atoms with Gasteiger partial charge in [-0.1, -0.05) is 12.1 Å². The zero-order chi connectivity index (χ0) is 16.4. The van der Waals surface area contributed by atoms with Gasteiger partial charge in [-0.25, -0.2) is 0 Å². The summed E-state index contributed by atoms with van der Waals surface area (Å²) in [5, 5.41) is 6.36. The molecule has 0 aliphatic carbocycles. The van der Waals surface area contributed by atoms with E-state index in [0.717, 1.165) is 18.7 Å². The molecule has 0 spiro atoms. The van der Waals surface area contributed by atoms with Gasteiger partial charge in [-0.15, -0.1) is 24.0 Å². The van der Waals surface area contributed by atoms with Crippen molar-refractivity contribution in [2.45, 2.75) is 12.8 Å². The van der Waals surface area contributed by atoms with Crippen molar-refractivity contribution < 1.29 is 9.53 Å². The molecule has 0 aliphatic rings. The number of methoxy groups -OCH3 is 1. The fourth-order valence-electron chi connectivity index (χ4n) is 1.85. The molecule has 0 unspecified atom stereocenters. The van der Waals surface area contributed by atoms with Crippen LogP contribution < -0.4 is 15.4 Å². The van der Waals surface area contributed by atoms with Gasteiger partial charge < -0.3 is 20.3 Å². The number of guanidine groups is 1. The van der Waals surface area contributed by atoms with Gasteiger partial charge in [0.15, 0.2) is 5.96 Å². The molecule has 23 heavy (non-hydrogen) atoms. The number of ether oxygens (including phenoxy) is 1. The van der Waals surface area contributed by atoms with Gasteiger partial charge in [-0.2, -0.15) is 0 Å². The monoisotopic (exact) mass is 434 g/mol. The Hall–Kier alpha value is -1.51. The molecule has 0 heterocycles. The van der Waals surface area contributed by atoms with Gasteiger partial charge in [0.25, 0.3) is 0 Å². The van der Waals surface area contributed by atoms with Gasteiger partial charge in [0, 0.05) is 40.7 Å². The predicted octanol–water partition coefficient (Wildman–Crippen LogP) is 1.50. The SMILES string of the molecule is CN=C(NCCC(=O)N(C)C)NCCc1ccc(OC)cc1.I. The maximum absolute atomic E-state index is 11.5. The lowest BCUT2D eigenvalue weighted by molar-refractivity contribution is -0.128. The fourth-order valence-corrected chi connectivity index (χ4v) is 1.85. The Morgan fingerprint density at radius 1 is 1.17 bits per heavy atom. The van der Waals surface area contributed by atoms with Gasteiger partial charge in [0.05, 0.1) is 7.11 Å². The Morgan fingerprint density at radius 2 is 1.78 bits per heavy atom. The van der Waals surface area contributed by atoms with Crippen molar-refractivity contribution in [1.82, 2.24) is 15.5 Å². The van der Waals surface area contributed by atoms with Crippen LogP contribution in [0.3, 0.4) is 0 Å². The van der Waals surface area contributed by atoms with E-state index in [1.807, 2.05) is 24.3 Å². The van der Waals surface area contributed by atoms with E-state index < -0.39 is 0 Å². The summed E-state index contributed by atoms with van der Waals surface area (Å²) in [6.45, 7) is 1.34. The molecule has 7 heteroatoms. The van der Waals surface area contributed by atoms with Crippen molar-refractivity contribution >= 4 is 35.8 Å². The molecular weight excluding hydrogens is 407 g/mol. The molecule has 0 aliphatic heterocycles. The van der Waals surface area contributed by atoms with Gasteiger partial charge in [0.2, 0.25) is 5.91 Å². The van der Waals surface area contributed by atoms with E-state index in [2.05, 4.69) is 15.6 Å². The number of nitrogens with one attached hydrogen (secondary N) is 2. The first-order valence-electron chi connectivity index (χ1n) is 7.34. The lowest BCUT2D eigenvalue weighted by Crippen LogP contribution is -2.40. The Balaban J connectivity index is 0.00000484. The smallest absolute Gasteiger partial charge is 0.223 e. The first kappa shape index (κ1) is 21.5. The summed E-state index contributed by atoms with van der Waals surface area (Å²) in [7, 11) is 6.89. The average molecular weight is 434 g/mol. The number of amides is 1. The molecule has 130 valence electrons. The van der Waals surface area contributed by atoms with Crippen molar-refractivity contribution in [3.8, 4) is 5.75 Å². The third-order valence-corrected chi connectivity index (χ3v) is 3.22. The molecule has 0 bridgehead atoms. The average Bonchev–Trinajstić information content (AvgIpc) is 2.53. The molecule has 6 nitrogen and oxygen atoms in total. The number of carbonyl (C=O) groups is 1. The van der Waals surface area contributed by atoms with Crippen molar-refractivity contribution in [2.24, 2.45) is 4.99 Å². The Labute approximate surface area is 155 Å². The minimum atomic E-state index is 0. The summed E-state index contributed by atoms with van der Waals surface area (Å²) < 4.78 is 5.13. The third kappa shape index (κ3) is 8.63. The standard InChI is InChI=1S/C16H26N4O2.HI/c1-17-16(19-12-10-15(21)20(2)3)18-11-9-13-5-7-14(22-4)8-6-13;/h5-8H,9-12H2,1-4H3,(H2,17,18,19);1H. The van der Waals surface area contributed by atoms with Crippen LogP contribution in [0.5, 0.6) is 5.75 Å². The van der Waals surface area contributed by atoms with E-state index in [9.17, 15) is 4.79 Å². The first-order chi connectivity index (χ1) is 10.6.